The molecule has 1 aliphatic rings. The van der Waals surface area contributed by atoms with E-state index in [0.29, 0.717) is 0 Å². The highest BCUT2D eigenvalue weighted by Gasteiger charge is 2.16. The summed E-state index contributed by atoms with van der Waals surface area (Å²) in [5, 5.41) is 3.40. The summed E-state index contributed by atoms with van der Waals surface area (Å²) < 4.78 is 0. The molecule has 0 amide bonds. The first-order valence-corrected chi connectivity index (χ1v) is 9.42. The van der Waals surface area contributed by atoms with Crippen LogP contribution in [0.4, 0.5) is 0 Å². The molecule has 1 N–H and O–H groups in total. The zero-order valence-corrected chi connectivity index (χ0v) is 15.4. The van der Waals surface area contributed by atoms with Crippen LogP contribution in [0.3, 0.4) is 0 Å². The smallest absolute Gasteiger partial charge is 0.193 e. The Morgan fingerprint density at radius 2 is 2.05 bits per heavy atom. The fourth-order valence-electron chi connectivity index (χ4n) is 3.07. The van der Waals surface area contributed by atoms with Crippen LogP contribution in [0.2, 0.25) is 0 Å². The van der Waals surface area contributed by atoms with Gasteiger partial charge in [0.1, 0.15) is 0 Å². The summed E-state index contributed by atoms with van der Waals surface area (Å²) in [7, 11) is 2.15. The van der Waals surface area contributed by atoms with Gasteiger partial charge in [-0.05, 0) is 59.0 Å². The van der Waals surface area contributed by atoms with Gasteiger partial charge >= 0.3 is 0 Å². The molecule has 130 valence electrons. The number of hydrogen-bond donors (Lipinski definition) is 1. The van der Waals surface area contributed by atoms with Crippen LogP contribution in [0.25, 0.3) is 0 Å². The summed E-state index contributed by atoms with van der Waals surface area (Å²) in [5.41, 5.74) is 0. The van der Waals surface area contributed by atoms with Gasteiger partial charge < -0.3 is 15.1 Å². The van der Waals surface area contributed by atoms with Crippen LogP contribution in [-0.2, 0) is 0 Å². The lowest BCUT2D eigenvalue weighted by Gasteiger charge is -2.33. The van der Waals surface area contributed by atoms with E-state index < -0.39 is 0 Å². The van der Waals surface area contributed by atoms with Gasteiger partial charge in [0, 0.05) is 32.7 Å². The molecule has 4 heteroatoms. The summed E-state index contributed by atoms with van der Waals surface area (Å²) in [6.45, 7) is 12.3. The molecule has 1 fully saturated rings. The number of guanidine groups is 1. The average Bonchev–Trinajstić information content (AvgIpc) is 2.53. The second kappa shape index (κ2) is 11.8. The van der Waals surface area contributed by atoms with Crippen LogP contribution >= 0.6 is 0 Å². The molecule has 0 aromatic rings. The van der Waals surface area contributed by atoms with Crippen molar-refractivity contribution in [3.8, 4) is 0 Å². The van der Waals surface area contributed by atoms with Gasteiger partial charge in [0.25, 0.3) is 0 Å². The maximum Gasteiger partial charge on any atom is 0.193 e. The normalized spacial score (nSPS) is 20.2. The molecule has 22 heavy (non-hydrogen) atoms. The molecule has 1 unspecified atom stereocenters. The molecule has 0 bridgehead atoms. The second-order valence-corrected chi connectivity index (χ2v) is 6.60. The van der Waals surface area contributed by atoms with E-state index in [2.05, 4.69) is 42.9 Å². The van der Waals surface area contributed by atoms with E-state index >= 15 is 0 Å². The van der Waals surface area contributed by atoms with Crippen LogP contribution in [-0.4, -0.2) is 61.6 Å². The molecule has 1 rings (SSSR count). The highest BCUT2D eigenvalue weighted by Crippen LogP contribution is 2.16. The Balaban J connectivity index is 2.25. The highest BCUT2D eigenvalue weighted by molar-refractivity contribution is 5.79. The molecule has 1 saturated heterocycles. The molecule has 0 aliphatic carbocycles. The molecular formula is C18H38N4. The number of unbranched alkanes of at least 4 members (excludes halogenated alkanes) is 2. The molecular weight excluding hydrogens is 272 g/mol. The number of nitrogens with zero attached hydrogens (tertiary/aromatic N) is 3. The third-order valence-corrected chi connectivity index (χ3v) is 4.60. The number of rotatable bonds is 9. The number of hydrogen-bond acceptors (Lipinski definition) is 2. The van der Waals surface area contributed by atoms with Crippen molar-refractivity contribution in [3.05, 3.63) is 0 Å². The lowest BCUT2D eigenvalue weighted by atomic mass is 10.0. The van der Waals surface area contributed by atoms with Gasteiger partial charge in [0.05, 0.1) is 0 Å². The highest BCUT2D eigenvalue weighted by atomic mass is 15.3. The average molecular weight is 311 g/mol. The summed E-state index contributed by atoms with van der Waals surface area (Å²) in [4.78, 5) is 9.70. The van der Waals surface area contributed by atoms with E-state index in [1.54, 1.807) is 0 Å². The van der Waals surface area contributed by atoms with Gasteiger partial charge in [-0.1, -0.05) is 19.8 Å². The predicted octanol–water partition coefficient (Wildman–Crippen LogP) is 3.34. The fraction of sp³-hybridized carbons (Fsp3) is 0.944. The van der Waals surface area contributed by atoms with Crippen LogP contribution in [0, 0.1) is 0 Å². The minimum Gasteiger partial charge on any atom is -0.357 e. The third-order valence-electron chi connectivity index (χ3n) is 4.60. The Kier molecular flexibility index (Phi) is 10.3. The molecule has 0 aromatic carbocycles. The first-order chi connectivity index (χ1) is 10.7. The van der Waals surface area contributed by atoms with Gasteiger partial charge in [-0.2, -0.15) is 0 Å². The van der Waals surface area contributed by atoms with Crippen molar-refractivity contribution in [1.82, 2.24) is 15.1 Å². The Bertz CT molecular complexity index is 303. The number of nitrogens with one attached hydrogen (secondary N) is 1. The Hall–Kier alpha value is -0.770. The largest absolute Gasteiger partial charge is 0.357 e. The van der Waals surface area contributed by atoms with Crippen molar-refractivity contribution in [2.75, 3.05) is 39.8 Å². The van der Waals surface area contributed by atoms with Crippen molar-refractivity contribution >= 4 is 5.96 Å². The molecule has 1 heterocycles. The zero-order chi connectivity index (χ0) is 16.2. The van der Waals surface area contributed by atoms with E-state index in [-0.39, 0.29) is 0 Å². The zero-order valence-electron chi connectivity index (χ0n) is 15.4. The van der Waals surface area contributed by atoms with Gasteiger partial charge in [-0.3, -0.25) is 4.99 Å². The van der Waals surface area contributed by atoms with Crippen molar-refractivity contribution in [3.63, 3.8) is 0 Å². The number of likely N-dealkylation sites (tertiary alicyclic amines) is 1. The Labute approximate surface area is 138 Å². The van der Waals surface area contributed by atoms with E-state index in [1.807, 2.05) is 0 Å². The second-order valence-electron chi connectivity index (χ2n) is 6.60. The van der Waals surface area contributed by atoms with Crippen molar-refractivity contribution < 1.29 is 0 Å². The van der Waals surface area contributed by atoms with Crippen LogP contribution in [0.15, 0.2) is 4.99 Å². The Morgan fingerprint density at radius 1 is 1.23 bits per heavy atom. The molecule has 1 atom stereocenters. The van der Waals surface area contributed by atoms with E-state index in [1.165, 1.54) is 58.0 Å². The van der Waals surface area contributed by atoms with Crippen LogP contribution in [0.5, 0.6) is 0 Å². The third kappa shape index (κ3) is 7.48. The molecule has 0 saturated carbocycles. The molecule has 0 spiro atoms. The minimum absolute atomic E-state index is 0.787. The first-order valence-electron chi connectivity index (χ1n) is 9.42. The summed E-state index contributed by atoms with van der Waals surface area (Å²) >= 11 is 0. The number of piperidine rings is 1. The van der Waals surface area contributed by atoms with Gasteiger partial charge in [0.2, 0.25) is 0 Å². The summed E-state index contributed by atoms with van der Waals surface area (Å²) in [6.07, 6.45) is 9.11. The van der Waals surface area contributed by atoms with Crippen molar-refractivity contribution in [2.24, 2.45) is 4.99 Å². The van der Waals surface area contributed by atoms with Crippen molar-refractivity contribution in [1.29, 1.82) is 0 Å². The number of aliphatic imine (C=N–C) groups is 1. The first kappa shape index (κ1) is 19.3. The monoisotopic (exact) mass is 310 g/mol. The molecule has 0 radical (unpaired) electrons. The van der Waals surface area contributed by atoms with Gasteiger partial charge in [-0.25, -0.2) is 0 Å². The predicted molar refractivity (Wildman–Crippen MR) is 97.6 cm³/mol. The molecule has 0 aromatic heterocycles. The maximum atomic E-state index is 4.78. The SMILES string of the molecule is CCCCN(C)C(=NCCCCN1CCCCC1C)NCC. The molecule has 4 nitrogen and oxygen atoms in total. The van der Waals surface area contributed by atoms with E-state index in [9.17, 15) is 0 Å². The van der Waals surface area contributed by atoms with Crippen LogP contribution < -0.4 is 5.32 Å². The maximum absolute atomic E-state index is 4.78. The summed E-state index contributed by atoms with van der Waals surface area (Å²) in [5.74, 6) is 1.07. The van der Waals surface area contributed by atoms with Gasteiger partial charge in [-0.15, -0.1) is 0 Å². The molecule has 1 aliphatic heterocycles. The topological polar surface area (TPSA) is 30.9 Å². The lowest BCUT2D eigenvalue weighted by Crippen LogP contribution is -2.39. The summed E-state index contributed by atoms with van der Waals surface area (Å²) in [6, 6.07) is 0.787. The fourth-order valence-corrected chi connectivity index (χ4v) is 3.07. The van der Waals surface area contributed by atoms with E-state index in [4.69, 9.17) is 4.99 Å². The van der Waals surface area contributed by atoms with Crippen molar-refractivity contribution in [2.45, 2.75) is 71.8 Å². The standard InChI is InChI=1S/C18H38N4/c1-5-7-14-21(4)18(19-6-2)20-13-9-11-16-22-15-10-8-12-17(22)3/h17H,5-16H2,1-4H3,(H,19,20). The van der Waals surface area contributed by atoms with Crippen LogP contribution in [0.1, 0.15) is 65.7 Å². The quantitative estimate of drug-likeness (QED) is 0.402. The van der Waals surface area contributed by atoms with Gasteiger partial charge in [0.15, 0.2) is 5.96 Å². The minimum atomic E-state index is 0.787. The Morgan fingerprint density at radius 3 is 2.73 bits per heavy atom. The van der Waals surface area contributed by atoms with E-state index in [0.717, 1.165) is 31.6 Å². The lowest BCUT2D eigenvalue weighted by molar-refractivity contribution is 0.158.